The van der Waals surface area contributed by atoms with Crippen LogP contribution in [0.3, 0.4) is 0 Å². The fraction of sp³-hybridized carbons (Fsp3) is 0.484. The maximum Gasteiger partial charge on any atom is 0.229 e. The number of aromatic nitrogens is 2. The van der Waals surface area contributed by atoms with Gasteiger partial charge in [0.1, 0.15) is 5.82 Å². The monoisotopic (exact) mass is 540 g/mol. The number of benzene rings is 2. The Balaban J connectivity index is 1.12. The quantitative estimate of drug-likeness (QED) is 0.446. The fourth-order valence-corrected chi connectivity index (χ4v) is 6.69. The van der Waals surface area contributed by atoms with Gasteiger partial charge in [0.05, 0.1) is 12.8 Å². The minimum absolute atomic E-state index is 0.218. The van der Waals surface area contributed by atoms with Crippen LogP contribution < -0.4 is 20.4 Å². The van der Waals surface area contributed by atoms with Gasteiger partial charge in [-0.15, -0.1) is 0 Å². The van der Waals surface area contributed by atoms with Gasteiger partial charge in [0.2, 0.25) is 5.95 Å². The van der Waals surface area contributed by atoms with Gasteiger partial charge in [-0.3, -0.25) is 4.90 Å². The van der Waals surface area contributed by atoms with Crippen molar-refractivity contribution < 1.29 is 5.11 Å². The summed E-state index contributed by atoms with van der Waals surface area (Å²) < 4.78 is 0. The summed E-state index contributed by atoms with van der Waals surface area (Å²) in [5, 5.41) is 17.2. The Labute approximate surface area is 236 Å². The molecule has 210 valence electrons. The number of fused-ring (bicyclic) bond motifs is 2. The summed E-state index contributed by atoms with van der Waals surface area (Å²) in [6.07, 6.45) is 4.42. The predicted octanol–water partition coefficient (Wildman–Crippen LogP) is 3.94. The predicted molar refractivity (Wildman–Crippen MR) is 160 cm³/mol. The molecule has 7 rings (SSSR count). The SMILES string of the molecule is Cc1cccc2c1NCC[C@@H]2N1Cc2cnc(Nc3ccc(N4CCN(C)CC4)cc3)nc2N(C2CC(O)C2)C1. The smallest absolute Gasteiger partial charge is 0.229 e. The Kier molecular flexibility index (Phi) is 6.73. The number of hydrogen-bond acceptors (Lipinski definition) is 9. The molecule has 0 bridgehead atoms. The molecule has 2 fully saturated rings. The summed E-state index contributed by atoms with van der Waals surface area (Å²) >= 11 is 0. The number of hydrogen-bond donors (Lipinski definition) is 3. The summed E-state index contributed by atoms with van der Waals surface area (Å²) in [7, 11) is 2.18. The normalized spacial score (nSPS) is 25.0. The van der Waals surface area contributed by atoms with Gasteiger partial charge in [0, 0.05) is 80.2 Å². The minimum Gasteiger partial charge on any atom is -0.393 e. The second-order valence-electron chi connectivity index (χ2n) is 11.9. The van der Waals surface area contributed by atoms with Crippen molar-refractivity contribution in [1.29, 1.82) is 0 Å². The van der Waals surface area contributed by atoms with E-state index in [1.807, 2.05) is 6.20 Å². The highest BCUT2D eigenvalue weighted by Gasteiger charge is 2.39. The molecule has 1 atom stereocenters. The molecule has 1 saturated carbocycles. The summed E-state index contributed by atoms with van der Waals surface area (Å²) in [5.74, 6) is 1.62. The second kappa shape index (κ2) is 10.5. The first-order valence-corrected chi connectivity index (χ1v) is 14.7. The lowest BCUT2D eigenvalue weighted by atomic mass is 9.87. The molecule has 4 aliphatic rings. The van der Waals surface area contributed by atoms with Crippen LogP contribution in [0, 0.1) is 6.92 Å². The van der Waals surface area contributed by atoms with E-state index < -0.39 is 0 Å². The standard InChI is InChI=1S/C31H40N8O/c1-21-4-3-5-27-28(10-11-32-29(21)27)38-19-22-18-33-31(35-30(22)39(20-38)25-16-26(40)17-25)34-23-6-8-24(9-7-23)37-14-12-36(2)13-15-37/h3-9,18,25-26,28,32,40H,10-17,19-20H2,1-2H3,(H,33,34,35)/t25?,26?,28-/m0/s1. The van der Waals surface area contributed by atoms with Gasteiger partial charge in [-0.25, -0.2) is 4.98 Å². The molecular formula is C31H40N8O. The van der Waals surface area contributed by atoms with E-state index in [2.05, 4.69) is 86.7 Å². The number of aliphatic hydroxyl groups excluding tert-OH is 1. The molecule has 3 aromatic rings. The number of para-hydroxylation sites is 1. The zero-order valence-electron chi connectivity index (χ0n) is 23.6. The average molecular weight is 541 g/mol. The second-order valence-corrected chi connectivity index (χ2v) is 11.9. The molecule has 9 nitrogen and oxygen atoms in total. The van der Waals surface area contributed by atoms with Crippen molar-refractivity contribution in [3.63, 3.8) is 0 Å². The molecular weight excluding hydrogens is 500 g/mol. The summed E-state index contributed by atoms with van der Waals surface area (Å²) in [6, 6.07) is 15.9. The highest BCUT2D eigenvalue weighted by molar-refractivity contribution is 5.63. The van der Waals surface area contributed by atoms with Crippen LogP contribution in [0.1, 0.15) is 42.0 Å². The van der Waals surface area contributed by atoms with Crippen LogP contribution in [0.15, 0.2) is 48.7 Å². The maximum atomic E-state index is 10.2. The maximum absolute atomic E-state index is 10.2. The van der Waals surface area contributed by atoms with Crippen molar-refractivity contribution >= 4 is 28.8 Å². The third-order valence-corrected chi connectivity index (χ3v) is 9.17. The van der Waals surface area contributed by atoms with E-state index >= 15 is 0 Å². The van der Waals surface area contributed by atoms with Gasteiger partial charge in [0.25, 0.3) is 0 Å². The molecule has 0 spiro atoms. The van der Waals surface area contributed by atoms with Crippen molar-refractivity contribution in [3.8, 4) is 0 Å². The minimum atomic E-state index is -0.218. The van der Waals surface area contributed by atoms with Gasteiger partial charge in [-0.05, 0) is 68.6 Å². The molecule has 3 N–H and O–H groups in total. The van der Waals surface area contributed by atoms with Crippen LogP contribution in [0.5, 0.6) is 0 Å². The van der Waals surface area contributed by atoms with E-state index in [0.717, 1.165) is 82.3 Å². The van der Waals surface area contributed by atoms with Crippen LogP contribution in [0.4, 0.5) is 28.8 Å². The lowest BCUT2D eigenvalue weighted by molar-refractivity contribution is 0.0608. The number of anilines is 5. The molecule has 40 heavy (non-hydrogen) atoms. The summed E-state index contributed by atoms with van der Waals surface area (Å²) in [4.78, 5) is 19.6. The zero-order chi connectivity index (χ0) is 27.2. The van der Waals surface area contributed by atoms with E-state index in [9.17, 15) is 5.11 Å². The van der Waals surface area contributed by atoms with E-state index in [0.29, 0.717) is 18.0 Å². The molecule has 0 radical (unpaired) electrons. The number of nitrogens with one attached hydrogen (secondary N) is 2. The van der Waals surface area contributed by atoms with Gasteiger partial charge < -0.3 is 30.4 Å². The van der Waals surface area contributed by atoms with Crippen LogP contribution in [-0.4, -0.2) is 83.5 Å². The van der Waals surface area contributed by atoms with Gasteiger partial charge in [-0.1, -0.05) is 18.2 Å². The van der Waals surface area contributed by atoms with E-state index in [4.69, 9.17) is 9.97 Å². The van der Waals surface area contributed by atoms with Crippen molar-refractivity contribution in [2.45, 2.75) is 50.9 Å². The average Bonchev–Trinajstić information content (AvgIpc) is 2.96. The molecule has 1 aliphatic carbocycles. The lowest BCUT2D eigenvalue weighted by Gasteiger charge is -2.49. The number of piperazine rings is 1. The Morgan fingerprint density at radius 3 is 2.60 bits per heavy atom. The number of aliphatic hydroxyl groups is 1. The zero-order valence-corrected chi connectivity index (χ0v) is 23.6. The van der Waals surface area contributed by atoms with Gasteiger partial charge in [0.15, 0.2) is 0 Å². The molecule has 9 heteroatoms. The Morgan fingerprint density at radius 1 is 1.02 bits per heavy atom. The molecule has 0 amide bonds. The largest absolute Gasteiger partial charge is 0.393 e. The number of nitrogens with zero attached hydrogens (tertiary/aromatic N) is 6. The molecule has 1 aromatic heterocycles. The third-order valence-electron chi connectivity index (χ3n) is 9.17. The number of aryl methyl sites for hydroxylation is 1. The van der Waals surface area contributed by atoms with Crippen molar-refractivity contribution in [2.24, 2.45) is 0 Å². The fourth-order valence-electron chi connectivity index (χ4n) is 6.69. The molecule has 3 aliphatic heterocycles. The van der Waals surface area contributed by atoms with Crippen molar-refractivity contribution in [2.75, 3.05) is 66.9 Å². The summed E-state index contributed by atoms with van der Waals surface area (Å²) in [6.45, 7) is 9.09. The van der Waals surface area contributed by atoms with Gasteiger partial charge in [-0.2, -0.15) is 4.98 Å². The van der Waals surface area contributed by atoms with Crippen LogP contribution in [0.25, 0.3) is 0 Å². The topological polar surface area (TPSA) is 83.0 Å². The van der Waals surface area contributed by atoms with Crippen LogP contribution in [-0.2, 0) is 6.54 Å². The van der Waals surface area contributed by atoms with Gasteiger partial charge >= 0.3 is 0 Å². The van der Waals surface area contributed by atoms with E-state index in [1.165, 1.54) is 22.5 Å². The highest BCUT2D eigenvalue weighted by atomic mass is 16.3. The lowest BCUT2D eigenvalue weighted by Crippen LogP contribution is -2.55. The number of rotatable bonds is 5. The Hall–Kier alpha value is -3.40. The van der Waals surface area contributed by atoms with Crippen LogP contribution >= 0.6 is 0 Å². The molecule has 2 aromatic carbocycles. The van der Waals surface area contributed by atoms with Crippen molar-refractivity contribution in [3.05, 3.63) is 65.4 Å². The Morgan fingerprint density at radius 2 is 1.82 bits per heavy atom. The highest BCUT2D eigenvalue weighted by Crippen LogP contribution is 2.41. The van der Waals surface area contributed by atoms with E-state index in [1.54, 1.807) is 0 Å². The van der Waals surface area contributed by atoms with Crippen molar-refractivity contribution in [1.82, 2.24) is 19.8 Å². The summed E-state index contributed by atoms with van der Waals surface area (Å²) in [5.41, 5.74) is 7.36. The third kappa shape index (κ3) is 4.87. The molecule has 0 unspecified atom stereocenters. The molecule has 1 saturated heterocycles. The first-order chi connectivity index (χ1) is 19.5. The first kappa shape index (κ1) is 25.6. The Bertz CT molecular complexity index is 1350. The molecule has 4 heterocycles. The van der Waals surface area contributed by atoms with Crippen LogP contribution in [0.2, 0.25) is 0 Å². The number of likely N-dealkylation sites (N-methyl/N-ethyl adjacent to an activating group) is 1. The van der Waals surface area contributed by atoms with E-state index in [-0.39, 0.29) is 6.10 Å². The first-order valence-electron chi connectivity index (χ1n) is 14.7.